The Hall–Kier alpha value is -1.59. The molecule has 0 saturated carbocycles. The van der Waals surface area contributed by atoms with Crippen molar-refractivity contribution in [2.45, 2.75) is 38.9 Å². The van der Waals surface area contributed by atoms with Gasteiger partial charge in [0.15, 0.2) is 0 Å². The van der Waals surface area contributed by atoms with E-state index in [0.29, 0.717) is 6.54 Å². The van der Waals surface area contributed by atoms with Crippen LogP contribution >= 0.6 is 24.8 Å². The number of hydrogen-bond acceptors (Lipinski definition) is 3. The molecular weight excluding hydrogens is 381 g/mol. The maximum atomic E-state index is 12.3. The van der Waals surface area contributed by atoms with Crippen LogP contribution < -0.4 is 11.1 Å². The Kier molecular flexibility index (Phi) is 9.81. The van der Waals surface area contributed by atoms with Crippen molar-refractivity contribution in [1.29, 1.82) is 0 Å². The lowest BCUT2D eigenvalue weighted by molar-refractivity contribution is -0.122. The van der Waals surface area contributed by atoms with E-state index in [2.05, 4.69) is 28.4 Å². The molecule has 27 heavy (non-hydrogen) atoms. The Labute approximate surface area is 174 Å². The van der Waals surface area contributed by atoms with Crippen LogP contribution in [0.2, 0.25) is 0 Å². The minimum absolute atomic E-state index is 0. The molecule has 1 aliphatic heterocycles. The number of likely N-dealkylation sites (tertiary alicyclic amines) is 1. The van der Waals surface area contributed by atoms with Crippen LogP contribution in [0.1, 0.15) is 41.1 Å². The van der Waals surface area contributed by atoms with Crippen molar-refractivity contribution in [3.8, 4) is 0 Å². The highest BCUT2D eigenvalue weighted by Crippen LogP contribution is 2.15. The van der Waals surface area contributed by atoms with Crippen LogP contribution in [0.25, 0.3) is 0 Å². The van der Waals surface area contributed by atoms with Crippen LogP contribution in [0, 0.1) is 6.92 Å². The predicted octanol–water partition coefficient (Wildman–Crippen LogP) is 3.75. The topological polar surface area (TPSA) is 58.4 Å². The molecular formula is C21H29Cl2N3O. The van der Waals surface area contributed by atoms with E-state index in [4.69, 9.17) is 5.73 Å². The zero-order valence-corrected chi connectivity index (χ0v) is 17.3. The highest BCUT2D eigenvalue weighted by molar-refractivity contribution is 5.85. The Morgan fingerprint density at radius 2 is 1.70 bits per heavy atom. The first kappa shape index (κ1) is 23.4. The minimum Gasteiger partial charge on any atom is -0.350 e. The van der Waals surface area contributed by atoms with Crippen LogP contribution in [0.4, 0.5) is 0 Å². The first-order valence-corrected chi connectivity index (χ1v) is 9.02. The van der Waals surface area contributed by atoms with E-state index in [9.17, 15) is 4.79 Å². The summed E-state index contributed by atoms with van der Waals surface area (Å²) in [5.41, 5.74) is 10.5. The van der Waals surface area contributed by atoms with Crippen molar-refractivity contribution in [1.82, 2.24) is 10.2 Å². The molecule has 4 nitrogen and oxygen atoms in total. The Morgan fingerprint density at radius 3 is 2.37 bits per heavy atom. The van der Waals surface area contributed by atoms with Gasteiger partial charge in [-0.05, 0) is 49.5 Å². The first-order chi connectivity index (χ1) is 12.1. The number of benzene rings is 2. The van der Waals surface area contributed by atoms with E-state index >= 15 is 0 Å². The van der Waals surface area contributed by atoms with Gasteiger partial charge in [0.1, 0.15) is 6.04 Å². The van der Waals surface area contributed by atoms with Gasteiger partial charge in [0.2, 0.25) is 5.91 Å². The third-order valence-electron chi connectivity index (χ3n) is 4.78. The van der Waals surface area contributed by atoms with Gasteiger partial charge in [-0.2, -0.15) is 0 Å². The molecule has 1 aliphatic rings. The molecule has 1 saturated heterocycles. The Balaban J connectivity index is 0.00000182. The highest BCUT2D eigenvalue weighted by atomic mass is 35.5. The Morgan fingerprint density at radius 1 is 1.07 bits per heavy atom. The number of halogens is 2. The molecule has 1 amide bonds. The third-order valence-corrected chi connectivity index (χ3v) is 4.78. The van der Waals surface area contributed by atoms with Gasteiger partial charge < -0.3 is 11.1 Å². The van der Waals surface area contributed by atoms with Crippen molar-refractivity contribution < 1.29 is 4.79 Å². The maximum Gasteiger partial charge on any atom is 0.241 e. The molecule has 6 heteroatoms. The van der Waals surface area contributed by atoms with Gasteiger partial charge in [-0.25, -0.2) is 0 Å². The van der Waals surface area contributed by atoms with Gasteiger partial charge in [-0.15, -0.1) is 24.8 Å². The summed E-state index contributed by atoms with van der Waals surface area (Å²) >= 11 is 0. The number of nitrogens with one attached hydrogen (secondary N) is 1. The lowest BCUT2D eigenvalue weighted by atomic mass is 10.1. The molecule has 3 N–H and O–H groups in total. The second kappa shape index (κ2) is 11.3. The fourth-order valence-electron chi connectivity index (χ4n) is 3.26. The van der Waals surface area contributed by atoms with Gasteiger partial charge >= 0.3 is 0 Å². The predicted molar refractivity (Wildman–Crippen MR) is 115 cm³/mol. The molecule has 2 aromatic carbocycles. The van der Waals surface area contributed by atoms with Crippen LogP contribution in [0.5, 0.6) is 0 Å². The van der Waals surface area contributed by atoms with Crippen molar-refractivity contribution in [3.63, 3.8) is 0 Å². The summed E-state index contributed by atoms with van der Waals surface area (Å²) in [5, 5.41) is 2.96. The summed E-state index contributed by atoms with van der Waals surface area (Å²) in [7, 11) is 0. The van der Waals surface area contributed by atoms with Crippen LogP contribution in [0.3, 0.4) is 0 Å². The fraction of sp³-hybridized carbons (Fsp3) is 0.381. The molecule has 1 unspecified atom stereocenters. The number of amides is 1. The molecule has 0 bridgehead atoms. The molecule has 0 spiro atoms. The van der Waals surface area contributed by atoms with E-state index in [1.54, 1.807) is 0 Å². The molecule has 1 heterocycles. The van der Waals surface area contributed by atoms with E-state index in [-0.39, 0.29) is 30.7 Å². The fourth-order valence-corrected chi connectivity index (χ4v) is 3.26. The summed E-state index contributed by atoms with van der Waals surface area (Å²) in [4.78, 5) is 14.8. The lowest BCUT2D eigenvalue weighted by Crippen LogP contribution is -2.33. The van der Waals surface area contributed by atoms with E-state index in [1.807, 2.05) is 37.3 Å². The number of carbonyl (C=O) groups is 1. The number of nitrogens with two attached hydrogens (primary N) is 1. The van der Waals surface area contributed by atoms with Crippen molar-refractivity contribution >= 4 is 30.7 Å². The van der Waals surface area contributed by atoms with E-state index < -0.39 is 6.04 Å². The number of hydrogen-bond donors (Lipinski definition) is 2. The van der Waals surface area contributed by atoms with Crippen LogP contribution in [0.15, 0.2) is 48.5 Å². The van der Waals surface area contributed by atoms with Crippen molar-refractivity contribution in [2.24, 2.45) is 5.73 Å². The lowest BCUT2D eigenvalue weighted by Gasteiger charge is -2.16. The summed E-state index contributed by atoms with van der Waals surface area (Å²) < 4.78 is 0. The highest BCUT2D eigenvalue weighted by Gasteiger charge is 2.15. The molecule has 0 aliphatic carbocycles. The molecule has 2 aromatic rings. The number of nitrogens with zero attached hydrogens (tertiary/aromatic N) is 1. The van der Waals surface area contributed by atoms with Crippen LogP contribution in [-0.2, 0) is 17.9 Å². The van der Waals surface area contributed by atoms with Gasteiger partial charge in [0.05, 0.1) is 0 Å². The van der Waals surface area contributed by atoms with Crippen LogP contribution in [-0.4, -0.2) is 23.9 Å². The molecule has 3 rings (SSSR count). The molecule has 1 fully saturated rings. The average molecular weight is 410 g/mol. The average Bonchev–Trinajstić information content (AvgIpc) is 3.13. The zero-order valence-electron chi connectivity index (χ0n) is 15.7. The summed E-state index contributed by atoms with van der Waals surface area (Å²) in [6.07, 6.45) is 2.60. The monoisotopic (exact) mass is 409 g/mol. The zero-order chi connectivity index (χ0) is 17.6. The number of carbonyl (C=O) groups excluding carboxylic acids is 1. The molecule has 0 radical (unpaired) electrons. The summed E-state index contributed by atoms with van der Waals surface area (Å²) in [6.45, 7) is 5.89. The SMILES string of the molecule is Cc1ccc(C(N)C(=O)NCc2cccc(CN3CCCC3)c2)cc1.Cl.Cl. The second-order valence-electron chi connectivity index (χ2n) is 6.91. The van der Waals surface area contributed by atoms with Gasteiger partial charge in [-0.3, -0.25) is 9.69 Å². The summed E-state index contributed by atoms with van der Waals surface area (Å²) in [5.74, 6) is -0.145. The second-order valence-corrected chi connectivity index (χ2v) is 6.91. The first-order valence-electron chi connectivity index (χ1n) is 9.02. The van der Waals surface area contributed by atoms with Crippen molar-refractivity contribution in [3.05, 3.63) is 70.8 Å². The number of rotatable bonds is 6. The molecule has 148 valence electrons. The van der Waals surface area contributed by atoms with E-state index in [0.717, 1.165) is 23.2 Å². The third kappa shape index (κ3) is 6.82. The number of aryl methyl sites for hydroxylation is 1. The van der Waals surface area contributed by atoms with E-state index in [1.165, 1.54) is 31.5 Å². The standard InChI is InChI=1S/C21H27N3O.2ClH/c1-16-7-9-19(10-8-16)20(22)21(25)23-14-17-5-4-6-18(13-17)15-24-11-2-3-12-24;;/h4-10,13,20H,2-3,11-12,14-15,22H2,1H3,(H,23,25);2*1H. The largest absolute Gasteiger partial charge is 0.350 e. The Bertz CT molecular complexity index is 716. The molecule has 1 atom stereocenters. The molecule has 0 aromatic heterocycles. The summed E-state index contributed by atoms with van der Waals surface area (Å²) in [6, 6.07) is 15.6. The maximum absolute atomic E-state index is 12.3. The van der Waals surface area contributed by atoms with Gasteiger partial charge in [0, 0.05) is 13.1 Å². The van der Waals surface area contributed by atoms with Gasteiger partial charge in [0.25, 0.3) is 0 Å². The normalized spacial score (nSPS) is 14.7. The quantitative estimate of drug-likeness (QED) is 0.763. The van der Waals surface area contributed by atoms with Gasteiger partial charge in [-0.1, -0.05) is 54.1 Å². The minimum atomic E-state index is -0.631. The van der Waals surface area contributed by atoms with Crippen molar-refractivity contribution in [2.75, 3.05) is 13.1 Å². The smallest absolute Gasteiger partial charge is 0.241 e.